The molecule has 0 radical (unpaired) electrons. The molecule has 0 saturated carbocycles. The van der Waals surface area contributed by atoms with Crippen LogP contribution in [-0.2, 0) is 0 Å². The quantitative estimate of drug-likeness (QED) is 0.602. The van der Waals surface area contributed by atoms with Crippen molar-refractivity contribution in [3.8, 4) is 5.75 Å². The van der Waals surface area contributed by atoms with Gasteiger partial charge in [-0.3, -0.25) is 0 Å². The first-order chi connectivity index (χ1) is 8.30. The van der Waals surface area contributed by atoms with Gasteiger partial charge >= 0.3 is 0 Å². The van der Waals surface area contributed by atoms with Crippen molar-refractivity contribution in [2.45, 2.75) is 58.2 Å². The van der Waals surface area contributed by atoms with E-state index in [0.29, 0.717) is 16.6 Å². The van der Waals surface area contributed by atoms with Gasteiger partial charge in [-0.05, 0) is 40.9 Å². The lowest BCUT2D eigenvalue weighted by molar-refractivity contribution is 0.479. The van der Waals surface area contributed by atoms with Crippen LogP contribution in [0.1, 0.15) is 41.5 Å². The summed E-state index contributed by atoms with van der Waals surface area (Å²) in [5, 5.41) is 0. The van der Waals surface area contributed by atoms with Gasteiger partial charge in [0.25, 0.3) is 8.32 Å². The summed E-state index contributed by atoms with van der Waals surface area (Å²) in [5.74, 6) is 1.01. The average molecular weight is 329 g/mol. The van der Waals surface area contributed by atoms with Crippen LogP contribution < -0.4 is 4.43 Å². The van der Waals surface area contributed by atoms with E-state index >= 15 is 0 Å². The van der Waals surface area contributed by atoms with E-state index in [9.17, 15) is 0 Å². The van der Waals surface area contributed by atoms with E-state index in [1.165, 1.54) is 0 Å². The zero-order valence-corrected chi connectivity index (χ0v) is 14.9. The van der Waals surface area contributed by atoms with Gasteiger partial charge < -0.3 is 4.43 Å². The fourth-order valence-electron chi connectivity index (χ4n) is 3.06. The Hall–Kier alpha value is -0.283. The van der Waals surface area contributed by atoms with Crippen molar-refractivity contribution in [3.05, 3.63) is 28.7 Å². The Morgan fingerprint density at radius 3 is 1.56 bits per heavy atom. The summed E-state index contributed by atoms with van der Waals surface area (Å²) in [6, 6.07) is 8.24. The molecular formula is C15H25BrOSi. The Morgan fingerprint density at radius 1 is 0.833 bits per heavy atom. The SMILES string of the molecule is CC(C)[Si](Oc1ccc(Br)cc1)(C(C)C)C(C)C. The molecular weight excluding hydrogens is 304 g/mol. The Bertz CT molecular complexity index is 349. The van der Waals surface area contributed by atoms with Gasteiger partial charge in [0.15, 0.2) is 0 Å². The Morgan fingerprint density at radius 2 is 1.22 bits per heavy atom. The van der Waals surface area contributed by atoms with Gasteiger partial charge in [0.05, 0.1) is 0 Å². The van der Waals surface area contributed by atoms with Crippen molar-refractivity contribution in [1.82, 2.24) is 0 Å². The van der Waals surface area contributed by atoms with E-state index in [2.05, 4.69) is 81.7 Å². The van der Waals surface area contributed by atoms with Crippen LogP contribution in [-0.4, -0.2) is 8.32 Å². The maximum atomic E-state index is 6.56. The zero-order chi connectivity index (χ0) is 13.9. The van der Waals surface area contributed by atoms with Gasteiger partial charge in [0.2, 0.25) is 0 Å². The van der Waals surface area contributed by atoms with Gasteiger partial charge in [-0.15, -0.1) is 0 Å². The number of hydrogen-bond acceptors (Lipinski definition) is 1. The molecule has 1 nitrogen and oxygen atoms in total. The Balaban J connectivity index is 3.08. The van der Waals surface area contributed by atoms with E-state index in [-0.39, 0.29) is 0 Å². The van der Waals surface area contributed by atoms with Crippen molar-refractivity contribution in [1.29, 1.82) is 0 Å². The molecule has 0 bridgehead atoms. The topological polar surface area (TPSA) is 9.23 Å². The molecule has 18 heavy (non-hydrogen) atoms. The molecule has 0 fully saturated rings. The summed E-state index contributed by atoms with van der Waals surface area (Å²) >= 11 is 3.47. The molecule has 0 aliphatic heterocycles. The summed E-state index contributed by atoms with van der Waals surface area (Å²) in [4.78, 5) is 0. The van der Waals surface area contributed by atoms with E-state index in [0.717, 1.165) is 10.2 Å². The summed E-state index contributed by atoms with van der Waals surface area (Å²) in [7, 11) is -1.80. The van der Waals surface area contributed by atoms with Gasteiger partial charge in [-0.2, -0.15) is 0 Å². The minimum atomic E-state index is -1.80. The second-order valence-electron chi connectivity index (χ2n) is 5.87. The molecule has 0 aliphatic carbocycles. The molecule has 102 valence electrons. The standard InChI is InChI=1S/C15H25BrOSi/c1-11(2)18(12(3)4,13(5)6)17-15-9-7-14(16)8-10-15/h7-13H,1-6H3. The van der Waals surface area contributed by atoms with Crippen LogP contribution in [0.25, 0.3) is 0 Å². The minimum Gasteiger partial charge on any atom is -0.543 e. The summed E-state index contributed by atoms with van der Waals surface area (Å²) in [5.41, 5.74) is 1.84. The third kappa shape index (κ3) is 3.18. The lowest BCUT2D eigenvalue weighted by Crippen LogP contribution is -2.50. The van der Waals surface area contributed by atoms with Crippen molar-refractivity contribution in [2.75, 3.05) is 0 Å². The van der Waals surface area contributed by atoms with Crippen LogP contribution in [0.15, 0.2) is 28.7 Å². The van der Waals surface area contributed by atoms with Crippen LogP contribution >= 0.6 is 15.9 Å². The lowest BCUT2D eigenvalue weighted by atomic mass is 10.3. The summed E-state index contributed by atoms with van der Waals surface area (Å²) in [6.45, 7) is 13.9. The van der Waals surface area contributed by atoms with Crippen molar-refractivity contribution in [2.24, 2.45) is 0 Å². The molecule has 0 spiro atoms. The van der Waals surface area contributed by atoms with E-state index in [1.807, 2.05) is 0 Å². The van der Waals surface area contributed by atoms with Crippen molar-refractivity contribution in [3.63, 3.8) is 0 Å². The molecule has 0 aromatic heterocycles. The normalized spacial score (nSPS) is 12.6. The maximum absolute atomic E-state index is 6.56. The molecule has 1 aromatic rings. The van der Waals surface area contributed by atoms with Crippen molar-refractivity contribution >= 4 is 24.2 Å². The van der Waals surface area contributed by atoms with Crippen LogP contribution in [0.2, 0.25) is 16.6 Å². The largest absolute Gasteiger partial charge is 0.543 e. The fourth-order valence-corrected chi connectivity index (χ4v) is 8.58. The second-order valence-corrected chi connectivity index (χ2v) is 12.2. The summed E-state index contributed by atoms with van der Waals surface area (Å²) in [6.07, 6.45) is 0. The summed E-state index contributed by atoms with van der Waals surface area (Å²) < 4.78 is 7.66. The molecule has 1 rings (SSSR count). The molecule has 0 saturated heterocycles. The molecule has 0 atom stereocenters. The highest BCUT2D eigenvalue weighted by Gasteiger charge is 2.46. The molecule has 0 aliphatic rings. The molecule has 0 N–H and O–H groups in total. The Labute approximate surface area is 121 Å². The minimum absolute atomic E-state index is 0.612. The molecule has 1 aromatic carbocycles. The molecule has 0 unspecified atom stereocenters. The van der Waals surface area contributed by atoms with Crippen LogP contribution in [0.4, 0.5) is 0 Å². The lowest BCUT2D eigenvalue weighted by Gasteiger charge is -2.42. The monoisotopic (exact) mass is 328 g/mol. The first kappa shape index (κ1) is 15.8. The average Bonchev–Trinajstić information content (AvgIpc) is 2.26. The number of rotatable bonds is 5. The molecule has 0 heterocycles. The van der Waals surface area contributed by atoms with Crippen molar-refractivity contribution < 1.29 is 4.43 Å². The maximum Gasteiger partial charge on any atom is 0.258 e. The first-order valence-electron chi connectivity index (χ1n) is 6.75. The van der Waals surface area contributed by atoms with E-state index in [1.54, 1.807) is 0 Å². The van der Waals surface area contributed by atoms with Crippen LogP contribution in [0.3, 0.4) is 0 Å². The molecule has 0 amide bonds. The predicted octanol–water partition coefficient (Wildman–Crippen LogP) is 6.00. The van der Waals surface area contributed by atoms with Crippen LogP contribution in [0, 0.1) is 0 Å². The smallest absolute Gasteiger partial charge is 0.258 e. The van der Waals surface area contributed by atoms with Gasteiger partial charge in [-0.25, -0.2) is 0 Å². The van der Waals surface area contributed by atoms with E-state index < -0.39 is 8.32 Å². The van der Waals surface area contributed by atoms with Gasteiger partial charge in [0.1, 0.15) is 5.75 Å². The second kappa shape index (κ2) is 6.24. The third-order valence-corrected chi connectivity index (χ3v) is 10.3. The number of halogens is 1. The predicted molar refractivity (Wildman–Crippen MR) is 85.8 cm³/mol. The highest BCUT2D eigenvalue weighted by molar-refractivity contribution is 9.10. The van der Waals surface area contributed by atoms with Gasteiger partial charge in [-0.1, -0.05) is 57.5 Å². The molecule has 3 heteroatoms. The first-order valence-corrected chi connectivity index (χ1v) is 9.68. The number of benzene rings is 1. The highest BCUT2D eigenvalue weighted by atomic mass is 79.9. The zero-order valence-electron chi connectivity index (χ0n) is 12.3. The third-order valence-electron chi connectivity index (χ3n) is 3.82. The highest BCUT2D eigenvalue weighted by Crippen LogP contribution is 2.42. The fraction of sp³-hybridized carbons (Fsp3) is 0.600. The number of hydrogen-bond donors (Lipinski definition) is 0. The van der Waals surface area contributed by atoms with E-state index in [4.69, 9.17) is 4.43 Å². The van der Waals surface area contributed by atoms with Gasteiger partial charge in [0, 0.05) is 4.47 Å². The Kier molecular flexibility index (Phi) is 5.47. The van der Waals surface area contributed by atoms with Crippen LogP contribution in [0.5, 0.6) is 5.75 Å².